The van der Waals surface area contributed by atoms with E-state index in [0.717, 1.165) is 23.6 Å². The Kier molecular flexibility index (Phi) is 7.43. The highest BCUT2D eigenvalue weighted by molar-refractivity contribution is 7.57. The maximum atomic E-state index is 13.2. The lowest BCUT2D eigenvalue weighted by atomic mass is 10.1. The van der Waals surface area contributed by atoms with Gasteiger partial charge in [0.2, 0.25) is 0 Å². The summed E-state index contributed by atoms with van der Waals surface area (Å²) in [6.07, 6.45) is 3.33. The van der Waals surface area contributed by atoms with Crippen LogP contribution in [0.5, 0.6) is 5.75 Å². The van der Waals surface area contributed by atoms with Crippen molar-refractivity contribution < 1.29 is 18.6 Å². The second kappa shape index (κ2) is 9.56. The highest BCUT2D eigenvalue weighted by Gasteiger charge is 2.30. The normalized spacial score (nSPS) is 14.4. The third-order valence-electron chi connectivity index (χ3n) is 3.98. The maximum Gasteiger partial charge on any atom is 0.327 e. The standard InChI is InChI=1S/C20H26NO4P/c1-4-7-15-24-20(22)18(5-2)21-26(23,6-3)25-19-14-10-12-16-11-8-9-13-17(16)19/h5,8-14,18H,2,4,6-7,15H2,1,3H3,(H,21,23)/t18-,26?/m0/s1. The van der Waals surface area contributed by atoms with Crippen molar-refractivity contribution in [2.45, 2.75) is 32.7 Å². The van der Waals surface area contributed by atoms with E-state index in [4.69, 9.17) is 9.26 Å². The van der Waals surface area contributed by atoms with E-state index in [-0.39, 0.29) is 6.16 Å². The van der Waals surface area contributed by atoms with Crippen LogP contribution in [0.3, 0.4) is 0 Å². The van der Waals surface area contributed by atoms with E-state index >= 15 is 0 Å². The Morgan fingerprint density at radius 2 is 1.96 bits per heavy atom. The van der Waals surface area contributed by atoms with Gasteiger partial charge in [-0.05, 0) is 17.9 Å². The molecule has 0 aliphatic rings. The molecule has 6 heteroatoms. The van der Waals surface area contributed by atoms with Crippen molar-refractivity contribution in [2.75, 3.05) is 12.8 Å². The van der Waals surface area contributed by atoms with Crippen molar-refractivity contribution in [3.05, 3.63) is 55.1 Å². The highest BCUT2D eigenvalue weighted by atomic mass is 31.2. The van der Waals surface area contributed by atoms with Crippen LogP contribution in [0.4, 0.5) is 0 Å². The molecule has 0 amide bonds. The Morgan fingerprint density at radius 3 is 2.65 bits per heavy atom. The number of benzene rings is 2. The molecule has 0 aromatic heterocycles. The molecule has 26 heavy (non-hydrogen) atoms. The Balaban J connectivity index is 2.17. The van der Waals surface area contributed by atoms with Gasteiger partial charge in [0.25, 0.3) is 0 Å². The molecular formula is C20H26NO4P. The lowest BCUT2D eigenvalue weighted by Crippen LogP contribution is -2.36. The molecule has 0 radical (unpaired) electrons. The number of carbonyl (C=O) groups excluding carboxylic acids is 1. The third kappa shape index (κ3) is 5.20. The van der Waals surface area contributed by atoms with Gasteiger partial charge in [-0.2, -0.15) is 0 Å². The quantitative estimate of drug-likeness (QED) is 0.276. The summed E-state index contributed by atoms with van der Waals surface area (Å²) in [6, 6.07) is 12.4. The van der Waals surface area contributed by atoms with E-state index in [9.17, 15) is 9.36 Å². The molecule has 0 spiro atoms. The number of esters is 1. The summed E-state index contributed by atoms with van der Waals surface area (Å²) < 4.78 is 24.3. The molecule has 1 unspecified atom stereocenters. The van der Waals surface area contributed by atoms with Crippen molar-refractivity contribution in [3.63, 3.8) is 0 Å². The minimum absolute atomic E-state index is 0.225. The molecule has 0 saturated carbocycles. The van der Waals surface area contributed by atoms with Crippen molar-refractivity contribution >= 4 is 24.3 Å². The number of hydrogen-bond acceptors (Lipinski definition) is 4. The summed E-state index contributed by atoms with van der Waals surface area (Å²) in [5, 5.41) is 4.67. The lowest BCUT2D eigenvalue weighted by Gasteiger charge is -2.23. The molecule has 0 saturated heterocycles. The van der Waals surface area contributed by atoms with Gasteiger partial charge in [-0.1, -0.05) is 62.7 Å². The average Bonchev–Trinajstić information content (AvgIpc) is 2.66. The second-order valence-corrected chi connectivity index (χ2v) is 8.34. The molecule has 0 fully saturated rings. The van der Waals surface area contributed by atoms with Gasteiger partial charge < -0.3 is 9.26 Å². The van der Waals surface area contributed by atoms with Gasteiger partial charge in [-0.3, -0.25) is 4.57 Å². The van der Waals surface area contributed by atoms with E-state index in [2.05, 4.69) is 11.7 Å². The maximum absolute atomic E-state index is 13.2. The number of ether oxygens (including phenoxy) is 1. The number of nitrogens with one attached hydrogen (secondary N) is 1. The van der Waals surface area contributed by atoms with Gasteiger partial charge in [-0.25, -0.2) is 9.88 Å². The van der Waals surface area contributed by atoms with Crippen molar-refractivity contribution in [1.82, 2.24) is 5.09 Å². The predicted molar refractivity (Wildman–Crippen MR) is 106 cm³/mol. The number of rotatable bonds is 10. The molecule has 0 bridgehead atoms. The minimum Gasteiger partial charge on any atom is -0.464 e. The second-order valence-electron chi connectivity index (χ2n) is 5.92. The molecule has 0 aliphatic carbocycles. The zero-order chi connectivity index (χ0) is 19.0. The van der Waals surface area contributed by atoms with Gasteiger partial charge in [0.15, 0.2) is 0 Å². The van der Waals surface area contributed by atoms with Crippen LogP contribution < -0.4 is 9.61 Å². The number of hydrogen-bond donors (Lipinski definition) is 1. The van der Waals surface area contributed by atoms with Crippen LogP contribution in [0, 0.1) is 0 Å². The Morgan fingerprint density at radius 1 is 1.23 bits per heavy atom. The number of unbranched alkanes of at least 4 members (excludes halogenated alkanes) is 1. The highest BCUT2D eigenvalue weighted by Crippen LogP contribution is 2.45. The topological polar surface area (TPSA) is 64.6 Å². The first kappa shape index (κ1) is 20.2. The summed E-state index contributed by atoms with van der Waals surface area (Å²) in [5.41, 5.74) is 0. The van der Waals surface area contributed by atoms with E-state index < -0.39 is 19.5 Å². The van der Waals surface area contributed by atoms with Gasteiger partial charge in [-0.15, -0.1) is 6.58 Å². The average molecular weight is 375 g/mol. The summed E-state index contributed by atoms with van der Waals surface area (Å²) in [7, 11) is -3.31. The van der Waals surface area contributed by atoms with Crippen LogP contribution in [0.2, 0.25) is 0 Å². The van der Waals surface area contributed by atoms with Crippen LogP contribution in [-0.4, -0.2) is 24.8 Å². The third-order valence-corrected chi connectivity index (χ3v) is 5.98. The van der Waals surface area contributed by atoms with Crippen LogP contribution in [-0.2, 0) is 14.1 Å². The van der Waals surface area contributed by atoms with E-state index in [0.29, 0.717) is 12.4 Å². The molecule has 140 valence electrons. The summed E-state index contributed by atoms with van der Waals surface area (Å²) in [6.45, 7) is 7.75. The number of carbonyl (C=O) groups is 1. The monoisotopic (exact) mass is 375 g/mol. The molecule has 2 aromatic carbocycles. The predicted octanol–water partition coefficient (Wildman–Crippen LogP) is 4.92. The molecule has 2 atom stereocenters. The van der Waals surface area contributed by atoms with Gasteiger partial charge >= 0.3 is 13.5 Å². The van der Waals surface area contributed by atoms with Crippen molar-refractivity contribution in [2.24, 2.45) is 0 Å². The van der Waals surface area contributed by atoms with Crippen molar-refractivity contribution in [1.29, 1.82) is 0 Å². The zero-order valence-corrected chi connectivity index (χ0v) is 16.2. The van der Waals surface area contributed by atoms with Crippen LogP contribution in [0.15, 0.2) is 55.1 Å². The molecule has 0 heterocycles. The van der Waals surface area contributed by atoms with Crippen LogP contribution >= 0.6 is 7.52 Å². The van der Waals surface area contributed by atoms with E-state index in [1.54, 1.807) is 13.0 Å². The Hall–Kier alpha value is -2.10. The fourth-order valence-electron chi connectivity index (χ4n) is 2.44. The van der Waals surface area contributed by atoms with Gasteiger partial charge in [0.05, 0.1) is 6.61 Å². The molecule has 0 aliphatic heterocycles. The first-order valence-corrected chi connectivity index (χ1v) is 10.7. The number of fused-ring (bicyclic) bond motifs is 1. The molecular weight excluding hydrogens is 349 g/mol. The smallest absolute Gasteiger partial charge is 0.327 e. The van der Waals surface area contributed by atoms with Crippen molar-refractivity contribution in [3.8, 4) is 5.75 Å². The molecule has 5 nitrogen and oxygen atoms in total. The summed E-state index contributed by atoms with van der Waals surface area (Å²) in [4.78, 5) is 12.2. The Labute approximate surface area is 154 Å². The fraction of sp³-hybridized carbons (Fsp3) is 0.350. The molecule has 2 aromatic rings. The summed E-state index contributed by atoms with van der Waals surface area (Å²) in [5.74, 6) is 0.0200. The lowest BCUT2D eigenvalue weighted by molar-refractivity contribution is -0.144. The van der Waals surface area contributed by atoms with E-state index in [1.807, 2.05) is 43.3 Å². The minimum atomic E-state index is -3.31. The van der Waals surface area contributed by atoms with E-state index in [1.165, 1.54) is 6.08 Å². The fourth-order valence-corrected chi connectivity index (χ4v) is 3.91. The van der Waals surface area contributed by atoms with Crippen LogP contribution in [0.25, 0.3) is 10.8 Å². The van der Waals surface area contributed by atoms with Gasteiger partial charge in [0, 0.05) is 11.5 Å². The zero-order valence-electron chi connectivity index (χ0n) is 15.3. The summed E-state index contributed by atoms with van der Waals surface area (Å²) >= 11 is 0. The Bertz CT molecular complexity index is 800. The van der Waals surface area contributed by atoms with Crippen LogP contribution in [0.1, 0.15) is 26.7 Å². The first-order valence-electron chi connectivity index (χ1n) is 8.86. The largest absolute Gasteiger partial charge is 0.464 e. The SMILES string of the molecule is C=C[C@H](NP(=O)(CC)Oc1cccc2ccccc12)C(=O)OCCCC. The molecule has 2 rings (SSSR count). The van der Waals surface area contributed by atoms with Gasteiger partial charge in [0.1, 0.15) is 11.8 Å². The first-order chi connectivity index (χ1) is 12.5. The molecule has 1 N–H and O–H groups in total.